The second-order valence-corrected chi connectivity index (χ2v) is 5.32. The number of aromatic nitrogens is 2. The Hall–Kier alpha value is -2.84. The quantitative estimate of drug-likeness (QED) is 0.862. The summed E-state index contributed by atoms with van der Waals surface area (Å²) >= 11 is 0. The third-order valence-corrected chi connectivity index (χ3v) is 3.51. The van der Waals surface area contributed by atoms with Crippen molar-refractivity contribution in [2.75, 3.05) is 0 Å². The number of hydrogen-bond donors (Lipinski definition) is 2. The minimum Gasteiger partial charge on any atom is -0.367 e. The Kier molecular flexibility index (Phi) is 4.63. The molecule has 0 aliphatic heterocycles. The number of carbonyl (C=O) groups excluding carboxylic acids is 2. The maximum atomic E-state index is 12.9. The topological polar surface area (TPSA) is 90.0 Å². The van der Waals surface area contributed by atoms with Gasteiger partial charge in [0.1, 0.15) is 12.1 Å². The molecule has 0 spiro atoms. The first-order chi connectivity index (χ1) is 11.1. The second kappa shape index (κ2) is 6.34. The van der Waals surface area contributed by atoms with Crippen LogP contribution < -0.4 is 11.1 Å². The number of nitrogens with two attached hydrogens (primary N) is 1. The number of rotatable bonds is 5. The molecule has 0 saturated heterocycles. The minimum atomic E-state index is -4.58. The largest absolute Gasteiger partial charge is 0.416 e. The number of nitrogens with one attached hydrogen (secondary N) is 1. The van der Waals surface area contributed by atoms with Gasteiger partial charge in [0.2, 0.25) is 11.8 Å². The minimum absolute atomic E-state index is 0.0568. The summed E-state index contributed by atoms with van der Waals surface area (Å²) < 4.78 is 39.9. The van der Waals surface area contributed by atoms with E-state index in [0.717, 1.165) is 18.2 Å². The van der Waals surface area contributed by atoms with E-state index in [1.165, 1.54) is 30.1 Å². The van der Waals surface area contributed by atoms with Gasteiger partial charge in [0.15, 0.2) is 0 Å². The molecule has 128 valence electrons. The zero-order valence-corrected chi connectivity index (χ0v) is 12.7. The van der Waals surface area contributed by atoms with Gasteiger partial charge in [0.05, 0.1) is 5.56 Å². The van der Waals surface area contributed by atoms with Gasteiger partial charge in [0, 0.05) is 12.4 Å². The van der Waals surface area contributed by atoms with Crippen LogP contribution in [0.15, 0.2) is 42.7 Å². The van der Waals surface area contributed by atoms with E-state index in [-0.39, 0.29) is 12.1 Å². The van der Waals surface area contributed by atoms with Crippen LogP contribution in [0.2, 0.25) is 0 Å². The Morgan fingerprint density at radius 1 is 1.25 bits per heavy atom. The lowest BCUT2D eigenvalue weighted by atomic mass is 9.89. The molecule has 0 aliphatic rings. The molecule has 0 bridgehead atoms. The zero-order chi connectivity index (χ0) is 18.0. The average Bonchev–Trinajstić information content (AvgIpc) is 2.98. The molecule has 1 atom stereocenters. The van der Waals surface area contributed by atoms with E-state index >= 15 is 0 Å². The molecule has 1 aromatic heterocycles. The summed E-state index contributed by atoms with van der Waals surface area (Å²) in [6.45, 7) is 1.06. The van der Waals surface area contributed by atoms with Crippen molar-refractivity contribution in [1.29, 1.82) is 0 Å². The van der Waals surface area contributed by atoms with Crippen molar-refractivity contribution in [1.82, 2.24) is 15.1 Å². The number of benzene rings is 1. The van der Waals surface area contributed by atoms with Crippen LogP contribution in [0.25, 0.3) is 0 Å². The molecule has 6 nitrogen and oxygen atoms in total. The molecular formula is C15H15F3N4O2. The van der Waals surface area contributed by atoms with Gasteiger partial charge in [-0.3, -0.25) is 14.3 Å². The van der Waals surface area contributed by atoms with Crippen LogP contribution in [-0.2, 0) is 27.8 Å². The molecule has 2 rings (SSSR count). The number of carbonyl (C=O) groups is 2. The Morgan fingerprint density at radius 2 is 1.92 bits per heavy atom. The molecule has 3 N–H and O–H groups in total. The van der Waals surface area contributed by atoms with Crippen molar-refractivity contribution >= 4 is 11.8 Å². The third-order valence-electron chi connectivity index (χ3n) is 3.51. The number of alkyl halides is 3. The summed E-state index contributed by atoms with van der Waals surface area (Å²) in [5, 5.41) is 6.23. The van der Waals surface area contributed by atoms with Gasteiger partial charge in [-0.15, -0.1) is 0 Å². The average molecular weight is 340 g/mol. The monoisotopic (exact) mass is 340 g/mol. The molecule has 0 fully saturated rings. The summed E-state index contributed by atoms with van der Waals surface area (Å²) in [5.74, 6) is -1.59. The smallest absolute Gasteiger partial charge is 0.367 e. The van der Waals surface area contributed by atoms with Gasteiger partial charge in [-0.05, 0) is 30.7 Å². The highest BCUT2D eigenvalue weighted by atomic mass is 19.4. The second-order valence-electron chi connectivity index (χ2n) is 5.32. The van der Waals surface area contributed by atoms with Crippen molar-refractivity contribution in [3.63, 3.8) is 0 Å². The highest BCUT2D eigenvalue weighted by Crippen LogP contribution is 2.32. The van der Waals surface area contributed by atoms with Gasteiger partial charge >= 0.3 is 6.18 Å². The van der Waals surface area contributed by atoms with Crippen LogP contribution in [-0.4, -0.2) is 21.6 Å². The van der Waals surface area contributed by atoms with Crippen molar-refractivity contribution in [2.45, 2.75) is 25.2 Å². The van der Waals surface area contributed by atoms with E-state index in [1.807, 2.05) is 0 Å². The molecule has 1 aromatic carbocycles. The lowest BCUT2D eigenvalue weighted by molar-refractivity contribution is -0.138. The van der Waals surface area contributed by atoms with Crippen molar-refractivity contribution in [3.05, 3.63) is 53.9 Å². The van der Waals surface area contributed by atoms with Crippen molar-refractivity contribution < 1.29 is 22.8 Å². The molecule has 0 radical (unpaired) electrons. The molecule has 0 saturated carbocycles. The molecule has 2 amide bonds. The summed E-state index contributed by atoms with van der Waals surface area (Å²) in [7, 11) is 0. The molecular weight excluding hydrogens is 325 g/mol. The highest BCUT2D eigenvalue weighted by Gasteiger charge is 2.38. The summed E-state index contributed by atoms with van der Waals surface area (Å²) in [5.41, 5.74) is 2.55. The number of primary amides is 1. The third kappa shape index (κ3) is 3.73. The first-order valence-corrected chi connectivity index (χ1v) is 6.89. The van der Waals surface area contributed by atoms with Gasteiger partial charge < -0.3 is 11.1 Å². The lowest BCUT2D eigenvalue weighted by Crippen LogP contribution is -2.53. The van der Waals surface area contributed by atoms with Gasteiger partial charge in [-0.25, -0.2) is 0 Å². The van der Waals surface area contributed by atoms with E-state index < -0.39 is 29.1 Å². The van der Waals surface area contributed by atoms with Crippen molar-refractivity contribution in [3.8, 4) is 0 Å². The van der Waals surface area contributed by atoms with Crippen LogP contribution in [0.1, 0.15) is 18.1 Å². The number of halogens is 3. The van der Waals surface area contributed by atoms with Gasteiger partial charge in [-0.2, -0.15) is 18.3 Å². The Morgan fingerprint density at radius 3 is 2.46 bits per heavy atom. The maximum absolute atomic E-state index is 12.9. The van der Waals surface area contributed by atoms with Crippen LogP contribution in [0.5, 0.6) is 0 Å². The Labute approximate surface area is 135 Å². The molecule has 0 aliphatic carbocycles. The normalized spacial score (nSPS) is 14.0. The first-order valence-electron chi connectivity index (χ1n) is 6.89. The van der Waals surface area contributed by atoms with Crippen LogP contribution in [0, 0.1) is 0 Å². The summed E-state index contributed by atoms with van der Waals surface area (Å²) in [6, 6.07) is 5.72. The van der Waals surface area contributed by atoms with E-state index in [2.05, 4.69) is 10.4 Å². The lowest BCUT2D eigenvalue weighted by Gasteiger charge is -2.28. The van der Waals surface area contributed by atoms with E-state index in [0.29, 0.717) is 0 Å². The number of amides is 2. The van der Waals surface area contributed by atoms with E-state index in [4.69, 9.17) is 5.73 Å². The Balaban J connectivity index is 2.30. The summed E-state index contributed by atoms with van der Waals surface area (Å²) in [6.07, 6.45) is -1.58. The SMILES string of the molecule is CC(NC(=O)Cn1cccn1)(C(N)=O)c1cccc(C(F)(F)F)c1. The van der Waals surface area contributed by atoms with Crippen LogP contribution in [0.4, 0.5) is 13.2 Å². The fourth-order valence-electron chi connectivity index (χ4n) is 2.14. The summed E-state index contributed by atoms with van der Waals surface area (Å²) in [4.78, 5) is 23.9. The standard InChI is InChI=1S/C15H15F3N4O2/c1-14(13(19)24,21-12(23)9-22-7-3-6-20-22)10-4-2-5-11(8-10)15(16,17)18/h2-8H,9H2,1H3,(H2,19,24)(H,21,23). The molecule has 1 unspecified atom stereocenters. The maximum Gasteiger partial charge on any atom is 0.416 e. The molecule has 1 heterocycles. The molecule has 24 heavy (non-hydrogen) atoms. The predicted molar refractivity (Wildman–Crippen MR) is 78.4 cm³/mol. The van der Waals surface area contributed by atoms with E-state index in [9.17, 15) is 22.8 Å². The number of hydrogen-bond acceptors (Lipinski definition) is 3. The molecule has 2 aromatic rings. The van der Waals surface area contributed by atoms with Crippen molar-refractivity contribution in [2.24, 2.45) is 5.73 Å². The van der Waals surface area contributed by atoms with Gasteiger partial charge in [0.25, 0.3) is 0 Å². The number of nitrogens with zero attached hydrogens (tertiary/aromatic N) is 2. The fraction of sp³-hybridized carbons (Fsp3) is 0.267. The first kappa shape index (κ1) is 17.5. The Bertz CT molecular complexity index is 743. The molecule has 9 heteroatoms. The van der Waals surface area contributed by atoms with E-state index in [1.54, 1.807) is 6.07 Å². The van der Waals surface area contributed by atoms with Gasteiger partial charge in [-0.1, -0.05) is 12.1 Å². The van der Waals surface area contributed by atoms with Crippen LogP contribution >= 0.6 is 0 Å². The van der Waals surface area contributed by atoms with Crippen LogP contribution in [0.3, 0.4) is 0 Å². The highest BCUT2D eigenvalue weighted by molar-refractivity contribution is 5.91. The fourth-order valence-corrected chi connectivity index (χ4v) is 2.14. The zero-order valence-electron chi connectivity index (χ0n) is 12.7. The predicted octanol–water partition coefficient (Wildman–Crippen LogP) is 1.42.